The predicted molar refractivity (Wildman–Crippen MR) is 79.6 cm³/mol. The van der Waals surface area contributed by atoms with Crippen LogP contribution >= 0.6 is 0 Å². The molecule has 1 amide bonds. The van der Waals surface area contributed by atoms with Crippen molar-refractivity contribution >= 4 is 11.9 Å². The first-order valence-electron chi connectivity index (χ1n) is 7.26. The summed E-state index contributed by atoms with van der Waals surface area (Å²) in [4.78, 5) is 24.0. The van der Waals surface area contributed by atoms with Crippen molar-refractivity contribution in [1.82, 2.24) is 5.32 Å². The Morgan fingerprint density at radius 3 is 2.59 bits per heavy atom. The van der Waals surface area contributed by atoms with Crippen LogP contribution in [0.25, 0.3) is 0 Å². The van der Waals surface area contributed by atoms with Crippen molar-refractivity contribution in [3.05, 3.63) is 29.8 Å². The Hall–Kier alpha value is -2.08. The van der Waals surface area contributed by atoms with Gasteiger partial charge in [0.2, 0.25) is 5.91 Å². The SMILES string of the molecule is COC(=O)[C@H](Cc1ccc(OC)cc1)NC(=O)[C@@H]1CCCO1. The number of ether oxygens (including phenoxy) is 3. The third kappa shape index (κ3) is 4.21. The number of hydrogen-bond acceptors (Lipinski definition) is 5. The van der Waals surface area contributed by atoms with Crippen LogP contribution in [0.5, 0.6) is 5.75 Å². The van der Waals surface area contributed by atoms with E-state index in [1.54, 1.807) is 7.11 Å². The zero-order chi connectivity index (χ0) is 15.9. The lowest BCUT2D eigenvalue weighted by molar-refractivity contribution is -0.146. The normalized spacial score (nSPS) is 18.5. The number of amides is 1. The highest BCUT2D eigenvalue weighted by molar-refractivity contribution is 5.87. The molecular weight excluding hydrogens is 286 g/mol. The molecule has 1 aliphatic rings. The molecule has 2 rings (SSSR count). The third-order valence-electron chi connectivity index (χ3n) is 3.62. The lowest BCUT2D eigenvalue weighted by atomic mass is 10.1. The summed E-state index contributed by atoms with van der Waals surface area (Å²) in [5.74, 6) is 0.00494. The third-order valence-corrected chi connectivity index (χ3v) is 3.62. The molecule has 6 heteroatoms. The van der Waals surface area contributed by atoms with Crippen LogP contribution in [0.4, 0.5) is 0 Å². The Kier molecular flexibility index (Phi) is 5.77. The molecule has 1 aromatic rings. The molecule has 0 spiro atoms. The Labute approximate surface area is 129 Å². The second kappa shape index (κ2) is 7.79. The topological polar surface area (TPSA) is 73.9 Å². The highest BCUT2D eigenvalue weighted by Crippen LogP contribution is 2.15. The second-order valence-electron chi connectivity index (χ2n) is 5.14. The van der Waals surface area contributed by atoms with Gasteiger partial charge in [0.05, 0.1) is 14.2 Å². The minimum absolute atomic E-state index is 0.263. The minimum Gasteiger partial charge on any atom is -0.497 e. The summed E-state index contributed by atoms with van der Waals surface area (Å²) >= 11 is 0. The smallest absolute Gasteiger partial charge is 0.328 e. The van der Waals surface area contributed by atoms with Gasteiger partial charge in [0.1, 0.15) is 17.9 Å². The van der Waals surface area contributed by atoms with Crippen molar-refractivity contribution in [3.63, 3.8) is 0 Å². The van der Waals surface area contributed by atoms with E-state index in [2.05, 4.69) is 5.32 Å². The summed E-state index contributed by atoms with van der Waals surface area (Å²) in [5, 5.41) is 2.72. The van der Waals surface area contributed by atoms with Gasteiger partial charge in [0, 0.05) is 13.0 Å². The van der Waals surface area contributed by atoms with Gasteiger partial charge in [0.25, 0.3) is 0 Å². The Morgan fingerprint density at radius 1 is 1.32 bits per heavy atom. The van der Waals surface area contributed by atoms with Crippen LogP contribution in [-0.4, -0.2) is 44.8 Å². The fourth-order valence-corrected chi connectivity index (χ4v) is 2.38. The lowest BCUT2D eigenvalue weighted by Gasteiger charge is -2.19. The number of carbonyl (C=O) groups is 2. The van der Waals surface area contributed by atoms with Gasteiger partial charge in [-0.3, -0.25) is 4.79 Å². The van der Waals surface area contributed by atoms with Crippen molar-refractivity contribution in [2.24, 2.45) is 0 Å². The average molecular weight is 307 g/mol. The van der Waals surface area contributed by atoms with E-state index in [1.165, 1.54) is 7.11 Å². The molecule has 0 radical (unpaired) electrons. The van der Waals surface area contributed by atoms with Crippen LogP contribution in [0.1, 0.15) is 18.4 Å². The summed E-state index contributed by atoms with van der Waals surface area (Å²) < 4.78 is 15.2. The molecule has 1 N–H and O–H groups in total. The zero-order valence-electron chi connectivity index (χ0n) is 12.8. The van der Waals surface area contributed by atoms with Gasteiger partial charge in [-0.25, -0.2) is 4.79 Å². The van der Waals surface area contributed by atoms with E-state index in [0.29, 0.717) is 19.4 Å². The molecule has 120 valence electrons. The molecule has 0 aliphatic carbocycles. The molecule has 0 unspecified atom stereocenters. The van der Waals surface area contributed by atoms with Crippen molar-refractivity contribution in [2.75, 3.05) is 20.8 Å². The first-order valence-corrected chi connectivity index (χ1v) is 7.26. The summed E-state index contributed by atoms with van der Waals surface area (Å²) in [6.45, 7) is 0.583. The zero-order valence-corrected chi connectivity index (χ0v) is 12.8. The molecule has 1 saturated heterocycles. The van der Waals surface area contributed by atoms with Gasteiger partial charge >= 0.3 is 5.97 Å². The molecule has 1 aromatic carbocycles. The maximum Gasteiger partial charge on any atom is 0.328 e. The van der Waals surface area contributed by atoms with Crippen molar-refractivity contribution in [2.45, 2.75) is 31.4 Å². The van der Waals surface area contributed by atoms with Crippen molar-refractivity contribution in [1.29, 1.82) is 0 Å². The van der Waals surface area contributed by atoms with E-state index in [-0.39, 0.29) is 5.91 Å². The van der Waals surface area contributed by atoms with Gasteiger partial charge in [-0.2, -0.15) is 0 Å². The van der Waals surface area contributed by atoms with Crippen LogP contribution in [-0.2, 0) is 25.5 Å². The quantitative estimate of drug-likeness (QED) is 0.796. The van der Waals surface area contributed by atoms with Crippen molar-refractivity contribution < 1.29 is 23.8 Å². The van der Waals surface area contributed by atoms with E-state index in [9.17, 15) is 9.59 Å². The monoisotopic (exact) mass is 307 g/mol. The largest absolute Gasteiger partial charge is 0.497 e. The van der Waals surface area contributed by atoms with Crippen LogP contribution in [0, 0.1) is 0 Å². The van der Waals surface area contributed by atoms with E-state index in [1.807, 2.05) is 24.3 Å². The number of nitrogens with one attached hydrogen (secondary N) is 1. The average Bonchev–Trinajstić information content (AvgIpc) is 3.08. The molecule has 0 aromatic heterocycles. The fourth-order valence-electron chi connectivity index (χ4n) is 2.38. The second-order valence-corrected chi connectivity index (χ2v) is 5.14. The van der Waals surface area contributed by atoms with Crippen LogP contribution in [0.3, 0.4) is 0 Å². The molecule has 0 saturated carbocycles. The Morgan fingerprint density at radius 2 is 2.05 bits per heavy atom. The number of carbonyl (C=O) groups excluding carboxylic acids is 2. The van der Waals surface area contributed by atoms with Crippen LogP contribution < -0.4 is 10.1 Å². The molecule has 2 atom stereocenters. The van der Waals surface area contributed by atoms with Gasteiger partial charge in [-0.05, 0) is 30.5 Å². The number of methoxy groups -OCH3 is 2. The first-order chi connectivity index (χ1) is 10.6. The molecule has 1 aliphatic heterocycles. The predicted octanol–water partition coefficient (Wildman–Crippen LogP) is 1.07. The van der Waals surface area contributed by atoms with Gasteiger partial charge < -0.3 is 19.5 Å². The highest BCUT2D eigenvalue weighted by atomic mass is 16.5. The fraction of sp³-hybridized carbons (Fsp3) is 0.500. The highest BCUT2D eigenvalue weighted by Gasteiger charge is 2.28. The maximum absolute atomic E-state index is 12.1. The number of esters is 1. The summed E-state index contributed by atoms with van der Waals surface area (Å²) in [6.07, 6.45) is 1.43. The van der Waals surface area contributed by atoms with Gasteiger partial charge in [0.15, 0.2) is 0 Å². The van der Waals surface area contributed by atoms with Crippen molar-refractivity contribution in [3.8, 4) is 5.75 Å². The summed E-state index contributed by atoms with van der Waals surface area (Å²) in [7, 11) is 2.90. The Balaban J connectivity index is 2.01. The molecular formula is C16H21NO5. The summed E-state index contributed by atoms with van der Waals surface area (Å²) in [6, 6.07) is 6.60. The molecule has 1 fully saturated rings. The van der Waals surface area contributed by atoms with E-state index in [0.717, 1.165) is 17.7 Å². The van der Waals surface area contributed by atoms with E-state index in [4.69, 9.17) is 14.2 Å². The maximum atomic E-state index is 12.1. The minimum atomic E-state index is -0.727. The number of hydrogen-bond donors (Lipinski definition) is 1. The van der Waals surface area contributed by atoms with E-state index >= 15 is 0 Å². The molecule has 1 heterocycles. The first kappa shape index (κ1) is 16.3. The van der Waals surface area contributed by atoms with Gasteiger partial charge in [-0.15, -0.1) is 0 Å². The lowest BCUT2D eigenvalue weighted by Crippen LogP contribution is -2.47. The van der Waals surface area contributed by atoms with Gasteiger partial charge in [-0.1, -0.05) is 12.1 Å². The van der Waals surface area contributed by atoms with Crippen LogP contribution in [0.2, 0.25) is 0 Å². The standard InChI is InChI=1S/C16H21NO5/c1-20-12-7-5-11(6-8-12)10-13(16(19)21-2)17-15(18)14-4-3-9-22-14/h5-8,13-14H,3-4,9-10H2,1-2H3,(H,17,18)/t13-,14-/m0/s1. The molecule has 6 nitrogen and oxygen atoms in total. The number of benzene rings is 1. The summed E-state index contributed by atoms with van der Waals surface area (Å²) in [5.41, 5.74) is 0.906. The molecule has 0 bridgehead atoms. The Bertz CT molecular complexity index is 508. The van der Waals surface area contributed by atoms with Crippen LogP contribution in [0.15, 0.2) is 24.3 Å². The molecule has 22 heavy (non-hydrogen) atoms. The number of rotatable bonds is 6. The van der Waals surface area contributed by atoms with E-state index < -0.39 is 18.1 Å².